The van der Waals surface area contributed by atoms with Gasteiger partial charge in [0, 0.05) is 40.8 Å². The lowest BCUT2D eigenvalue weighted by molar-refractivity contribution is 0.0836. The summed E-state index contributed by atoms with van der Waals surface area (Å²) in [4.78, 5) is 0. The van der Waals surface area contributed by atoms with Crippen LogP contribution in [0, 0.1) is 5.92 Å². The van der Waals surface area contributed by atoms with Crippen LogP contribution in [-0.2, 0) is 21.3 Å². The number of fused-ring (bicyclic) bond motifs is 5. The van der Waals surface area contributed by atoms with Crippen molar-refractivity contribution in [2.75, 3.05) is 19.3 Å². The molecule has 4 atom stereocenters. The Morgan fingerprint density at radius 1 is 1.10 bits per heavy atom. The lowest BCUT2D eigenvalue weighted by Crippen LogP contribution is -2.42. The summed E-state index contributed by atoms with van der Waals surface area (Å²) >= 11 is 0. The smallest absolute Gasteiger partial charge is 0.211 e. The minimum atomic E-state index is -3.42. The fraction of sp³-hybridized carbons (Fsp3) is 0.478. The molecule has 2 aliphatic heterocycles. The number of sulfonamides is 1. The van der Waals surface area contributed by atoms with E-state index in [9.17, 15) is 13.5 Å². The van der Waals surface area contributed by atoms with Crippen LogP contribution in [-0.4, -0.2) is 60.1 Å². The highest BCUT2D eigenvalue weighted by molar-refractivity contribution is 7.88. The maximum absolute atomic E-state index is 12.5. The van der Waals surface area contributed by atoms with Gasteiger partial charge in [-0.25, -0.2) is 8.42 Å². The Labute approximate surface area is 177 Å². The van der Waals surface area contributed by atoms with Crippen molar-refractivity contribution in [1.82, 2.24) is 8.87 Å². The molecule has 0 radical (unpaired) electrons. The van der Waals surface area contributed by atoms with Crippen LogP contribution in [0.2, 0.25) is 0 Å². The van der Waals surface area contributed by atoms with Crippen LogP contribution in [0.25, 0.3) is 21.8 Å². The van der Waals surface area contributed by atoms with Crippen molar-refractivity contribution in [2.45, 2.75) is 44.1 Å². The van der Waals surface area contributed by atoms with Crippen molar-refractivity contribution < 1.29 is 18.3 Å². The minimum Gasteiger partial charge on any atom is -0.390 e. The zero-order chi connectivity index (χ0) is 20.9. The first-order chi connectivity index (χ1) is 14.4. The van der Waals surface area contributed by atoms with Crippen molar-refractivity contribution >= 4 is 31.8 Å². The molecular formula is C23H28N2O4S. The first kappa shape index (κ1) is 20.0. The number of benzene rings is 2. The lowest BCUT2D eigenvalue weighted by atomic mass is 9.89. The molecule has 2 bridgehead atoms. The molecule has 4 unspecified atom stereocenters. The number of rotatable bonds is 7. The summed E-state index contributed by atoms with van der Waals surface area (Å²) in [6.07, 6.45) is 3.87. The molecule has 2 aliphatic rings. The average molecular weight is 429 g/mol. The summed E-state index contributed by atoms with van der Waals surface area (Å²) in [5.74, 6) is 0.221. The number of nitrogens with zero attached hydrogens (tertiary/aromatic N) is 2. The number of hydrogen-bond donors (Lipinski definition) is 1. The Balaban J connectivity index is 1.38. The zero-order valence-electron chi connectivity index (χ0n) is 17.1. The molecule has 7 heteroatoms. The van der Waals surface area contributed by atoms with E-state index in [0.717, 1.165) is 41.1 Å². The summed E-state index contributed by atoms with van der Waals surface area (Å²) in [6.45, 7) is 0.852. The summed E-state index contributed by atoms with van der Waals surface area (Å²) in [5, 5.41) is 13.2. The molecule has 3 heterocycles. The van der Waals surface area contributed by atoms with Gasteiger partial charge in [-0.2, -0.15) is 4.31 Å². The molecule has 0 spiro atoms. The normalized spacial score (nSPS) is 25.0. The van der Waals surface area contributed by atoms with Gasteiger partial charge in [-0.15, -0.1) is 0 Å². The van der Waals surface area contributed by atoms with Gasteiger partial charge in [0.2, 0.25) is 10.0 Å². The number of para-hydroxylation sites is 2. The van der Waals surface area contributed by atoms with Crippen LogP contribution in [0.1, 0.15) is 19.3 Å². The molecule has 2 aromatic carbocycles. The van der Waals surface area contributed by atoms with E-state index in [2.05, 4.69) is 16.7 Å². The number of ether oxygens (including phenoxy) is 1. The molecule has 0 saturated carbocycles. The average Bonchev–Trinajstić information content (AvgIpc) is 3.41. The largest absolute Gasteiger partial charge is 0.390 e. The molecule has 0 amide bonds. The quantitative estimate of drug-likeness (QED) is 0.628. The van der Waals surface area contributed by atoms with Gasteiger partial charge in [-0.05, 0) is 31.4 Å². The highest BCUT2D eigenvalue weighted by Gasteiger charge is 2.42. The van der Waals surface area contributed by atoms with E-state index >= 15 is 0 Å². The van der Waals surface area contributed by atoms with Crippen molar-refractivity contribution in [3.63, 3.8) is 0 Å². The van der Waals surface area contributed by atoms with E-state index < -0.39 is 16.1 Å². The maximum atomic E-state index is 12.5. The fourth-order valence-electron chi connectivity index (χ4n) is 5.25. The third-order valence-corrected chi connectivity index (χ3v) is 7.86. The van der Waals surface area contributed by atoms with Gasteiger partial charge in [-0.3, -0.25) is 0 Å². The third kappa shape index (κ3) is 3.64. The lowest BCUT2D eigenvalue weighted by Gasteiger charge is -2.28. The second-order valence-electron chi connectivity index (χ2n) is 8.75. The first-order valence-corrected chi connectivity index (χ1v) is 12.5. The summed E-state index contributed by atoms with van der Waals surface area (Å²) < 4.78 is 34.3. The molecule has 6 nitrogen and oxygen atoms in total. The molecule has 160 valence electrons. The van der Waals surface area contributed by atoms with E-state index in [1.807, 2.05) is 36.4 Å². The zero-order valence-corrected chi connectivity index (χ0v) is 18.0. The van der Waals surface area contributed by atoms with Crippen molar-refractivity contribution in [3.8, 4) is 0 Å². The fourth-order valence-corrected chi connectivity index (χ4v) is 6.15. The Hall–Kier alpha value is -1.93. The van der Waals surface area contributed by atoms with E-state index in [1.165, 1.54) is 10.6 Å². The van der Waals surface area contributed by atoms with Crippen LogP contribution in [0.5, 0.6) is 0 Å². The molecule has 1 N–H and O–H groups in total. The van der Waals surface area contributed by atoms with E-state index in [1.54, 1.807) is 0 Å². The number of hydrogen-bond acceptors (Lipinski definition) is 4. The second kappa shape index (κ2) is 7.64. The Kier molecular flexibility index (Phi) is 5.09. The van der Waals surface area contributed by atoms with Gasteiger partial charge < -0.3 is 14.4 Å². The van der Waals surface area contributed by atoms with Crippen LogP contribution in [0.4, 0.5) is 0 Å². The van der Waals surface area contributed by atoms with Gasteiger partial charge >= 0.3 is 0 Å². The monoisotopic (exact) mass is 428 g/mol. The molecule has 2 saturated heterocycles. The maximum Gasteiger partial charge on any atom is 0.211 e. The Morgan fingerprint density at radius 3 is 2.27 bits per heavy atom. The van der Waals surface area contributed by atoms with Gasteiger partial charge in [0.1, 0.15) is 0 Å². The van der Waals surface area contributed by atoms with Gasteiger partial charge in [0.25, 0.3) is 0 Å². The van der Waals surface area contributed by atoms with Gasteiger partial charge in [-0.1, -0.05) is 36.4 Å². The third-order valence-electron chi connectivity index (χ3n) is 6.63. The predicted molar refractivity (Wildman–Crippen MR) is 118 cm³/mol. The van der Waals surface area contributed by atoms with E-state index in [0.29, 0.717) is 13.1 Å². The highest BCUT2D eigenvalue weighted by atomic mass is 32.2. The highest BCUT2D eigenvalue weighted by Crippen LogP contribution is 2.39. The SMILES string of the molecule is CS(=O)(=O)N(CC(O)Cn1c2ccccc2c2ccccc21)CC1CC2CCC1O2. The van der Waals surface area contributed by atoms with Crippen molar-refractivity contribution in [1.29, 1.82) is 0 Å². The van der Waals surface area contributed by atoms with E-state index in [4.69, 9.17) is 4.74 Å². The molecule has 2 fully saturated rings. The first-order valence-electron chi connectivity index (χ1n) is 10.6. The Bertz CT molecular complexity index is 1120. The van der Waals surface area contributed by atoms with Crippen molar-refractivity contribution in [2.24, 2.45) is 5.92 Å². The minimum absolute atomic E-state index is 0.0908. The second-order valence-corrected chi connectivity index (χ2v) is 10.7. The van der Waals surface area contributed by atoms with Crippen LogP contribution in [0.15, 0.2) is 48.5 Å². The molecule has 5 rings (SSSR count). The van der Waals surface area contributed by atoms with Crippen molar-refractivity contribution in [3.05, 3.63) is 48.5 Å². The summed E-state index contributed by atoms with van der Waals surface area (Å²) in [5.41, 5.74) is 2.09. The van der Waals surface area contributed by atoms with Gasteiger partial charge in [0.05, 0.1) is 31.1 Å². The molecule has 3 aromatic rings. The van der Waals surface area contributed by atoms with Gasteiger partial charge in [0.15, 0.2) is 0 Å². The molecular weight excluding hydrogens is 400 g/mol. The number of aliphatic hydroxyl groups is 1. The topological polar surface area (TPSA) is 71.8 Å². The van der Waals surface area contributed by atoms with Crippen LogP contribution < -0.4 is 0 Å². The van der Waals surface area contributed by atoms with E-state index in [-0.39, 0.29) is 24.7 Å². The number of aromatic nitrogens is 1. The molecule has 1 aromatic heterocycles. The number of aliphatic hydroxyl groups excluding tert-OH is 1. The summed E-state index contributed by atoms with van der Waals surface area (Å²) in [7, 11) is -3.42. The van der Waals surface area contributed by atoms with Crippen LogP contribution in [0.3, 0.4) is 0 Å². The summed E-state index contributed by atoms with van der Waals surface area (Å²) in [6, 6.07) is 16.3. The predicted octanol–water partition coefficient (Wildman–Crippen LogP) is 2.98. The Morgan fingerprint density at radius 2 is 1.73 bits per heavy atom. The molecule has 0 aliphatic carbocycles. The van der Waals surface area contributed by atoms with Crippen LogP contribution >= 0.6 is 0 Å². The molecule has 30 heavy (non-hydrogen) atoms. The standard InChI is InChI=1S/C23H28N2O4S/c1-30(27,28)24(13-16-12-18-10-11-23(16)29-18)14-17(26)15-25-21-8-4-2-6-19(21)20-7-3-5-9-22(20)25/h2-9,16-18,23,26H,10-15H2,1H3.